The number of aromatic amines is 1. The number of aryl methyl sites for hydroxylation is 1. The summed E-state index contributed by atoms with van der Waals surface area (Å²) in [6.07, 6.45) is 2.40. The number of amides is 3. The van der Waals surface area contributed by atoms with E-state index < -0.39 is 11.9 Å². The van der Waals surface area contributed by atoms with E-state index in [2.05, 4.69) is 20.6 Å². The number of urea groups is 1. The average molecular weight is 312 g/mol. The molecule has 7 nitrogen and oxygen atoms in total. The number of nitrogens with one attached hydrogen (secondary N) is 3. The van der Waals surface area contributed by atoms with Gasteiger partial charge in [-0.05, 0) is 12.8 Å². The molecule has 0 bridgehead atoms. The number of hydrogen-bond donors (Lipinski definition) is 3. The Kier molecular flexibility index (Phi) is 7.52. The number of imide groups is 1. The van der Waals surface area contributed by atoms with Crippen LogP contribution in [0.25, 0.3) is 0 Å². The largest absolute Gasteiger partial charge is 0.338 e. The van der Waals surface area contributed by atoms with E-state index in [1.807, 2.05) is 13.8 Å². The van der Waals surface area contributed by atoms with Gasteiger partial charge in [0.15, 0.2) is 5.16 Å². The van der Waals surface area contributed by atoms with Gasteiger partial charge in [0.25, 0.3) is 5.56 Å². The van der Waals surface area contributed by atoms with Crippen molar-refractivity contribution in [3.8, 4) is 0 Å². The number of thioether (sulfide) groups is 1. The number of rotatable bonds is 7. The fraction of sp³-hybridized carbons (Fsp3) is 0.538. The molecule has 3 amide bonds. The van der Waals surface area contributed by atoms with Crippen molar-refractivity contribution >= 4 is 23.7 Å². The molecule has 0 unspecified atom stereocenters. The van der Waals surface area contributed by atoms with Crippen molar-refractivity contribution in [1.29, 1.82) is 0 Å². The Morgan fingerprint density at radius 1 is 1.33 bits per heavy atom. The zero-order valence-corrected chi connectivity index (χ0v) is 13.0. The molecule has 1 aromatic rings. The number of carbonyl (C=O) groups is 2. The maximum absolute atomic E-state index is 11.6. The van der Waals surface area contributed by atoms with Crippen LogP contribution in [-0.2, 0) is 11.2 Å². The Morgan fingerprint density at radius 3 is 2.76 bits per heavy atom. The molecule has 0 saturated carbocycles. The van der Waals surface area contributed by atoms with Crippen LogP contribution in [0.3, 0.4) is 0 Å². The first-order chi connectivity index (χ1) is 10.0. The van der Waals surface area contributed by atoms with Gasteiger partial charge in [-0.1, -0.05) is 32.0 Å². The van der Waals surface area contributed by atoms with E-state index in [1.165, 1.54) is 6.07 Å². The topological polar surface area (TPSA) is 104 Å². The first kappa shape index (κ1) is 17.2. The van der Waals surface area contributed by atoms with E-state index in [0.29, 0.717) is 23.8 Å². The second-order valence-electron chi connectivity index (χ2n) is 4.38. The minimum absolute atomic E-state index is 0.0120. The molecule has 0 atom stereocenters. The van der Waals surface area contributed by atoms with Crippen LogP contribution in [0.2, 0.25) is 0 Å². The maximum atomic E-state index is 11.6. The van der Waals surface area contributed by atoms with Crippen molar-refractivity contribution in [2.24, 2.45) is 0 Å². The third-order valence-corrected chi connectivity index (χ3v) is 3.28. The lowest BCUT2D eigenvalue weighted by Gasteiger charge is -2.05. The van der Waals surface area contributed by atoms with E-state index in [4.69, 9.17) is 0 Å². The molecule has 0 aliphatic carbocycles. The third-order valence-electron chi connectivity index (χ3n) is 2.41. The van der Waals surface area contributed by atoms with Gasteiger partial charge in [0.2, 0.25) is 5.91 Å². The van der Waals surface area contributed by atoms with Gasteiger partial charge in [0.1, 0.15) is 0 Å². The fourth-order valence-corrected chi connectivity index (χ4v) is 2.21. The van der Waals surface area contributed by atoms with Crippen LogP contribution in [-0.4, -0.2) is 34.2 Å². The summed E-state index contributed by atoms with van der Waals surface area (Å²) in [6, 6.07) is 0.940. The summed E-state index contributed by atoms with van der Waals surface area (Å²) < 4.78 is 0. The van der Waals surface area contributed by atoms with Crippen molar-refractivity contribution < 1.29 is 9.59 Å². The van der Waals surface area contributed by atoms with Crippen LogP contribution in [0.15, 0.2) is 16.0 Å². The molecule has 1 aromatic heterocycles. The van der Waals surface area contributed by atoms with Crippen molar-refractivity contribution in [1.82, 2.24) is 20.6 Å². The van der Waals surface area contributed by atoms with Crippen molar-refractivity contribution in [3.05, 3.63) is 22.1 Å². The zero-order chi connectivity index (χ0) is 15.7. The van der Waals surface area contributed by atoms with Crippen LogP contribution in [0.4, 0.5) is 4.79 Å². The predicted octanol–water partition coefficient (Wildman–Crippen LogP) is 1.05. The van der Waals surface area contributed by atoms with Gasteiger partial charge < -0.3 is 10.3 Å². The zero-order valence-electron chi connectivity index (χ0n) is 12.2. The van der Waals surface area contributed by atoms with E-state index in [1.54, 1.807) is 0 Å². The van der Waals surface area contributed by atoms with E-state index in [0.717, 1.165) is 24.6 Å². The Bertz CT molecular complexity index is 544. The minimum Gasteiger partial charge on any atom is -0.338 e. The van der Waals surface area contributed by atoms with E-state index >= 15 is 0 Å². The van der Waals surface area contributed by atoms with E-state index in [9.17, 15) is 14.4 Å². The molecule has 0 aromatic carbocycles. The molecule has 8 heteroatoms. The number of H-pyrrole nitrogens is 1. The highest BCUT2D eigenvalue weighted by atomic mass is 32.2. The standard InChI is InChI=1S/C13H20N4O3S/c1-3-5-9-7-10(18)17-13(15-9)21-8-11(19)16-12(20)14-6-4-2/h7H,3-6,8H2,1-2H3,(H,15,17,18)(H2,14,16,19,20). The van der Waals surface area contributed by atoms with E-state index in [-0.39, 0.29) is 11.3 Å². The highest BCUT2D eigenvalue weighted by molar-refractivity contribution is 7.99. The quantitative estimate of drug-likeness (QED) is 0.516. The van der Waals surface area contributed by atoms with Gasteiger partial charge in [-0.15, -0.1) is 0 Å². The summed E-state index contributed by atoms with van der Waals surface area (Å²) >= 11 is 1.09. The van der Waals surface area contributed by atoms with Crippen molar-refractivity contribution in [2.75, 3.05) is 12.3 Å². The van der Waals surface area contributed by atoms with Gasteiger partial charge >= 0.3 is 6.03 Å². The fourth-order valence-electron chi connectivity index (χ4n) is 1.52. The average Bonchev–Trinajstić information content (AvgIpc) is 2.43. The molecule has 0 saturated heterocycles. The SMILES string of the molecule is CCCNC(=O)NC(=O)CSc1nc(CCC)cc(=O)[nH]1. The third kappa shape index (κ3) is 6.94. The molecule has 1 heterocycles. The molecule has 116 valence electrons. The van der Waals surface area contributed by atoms with Crippen molar-refractivity contribution in [3.63, 3.8) is 0 Å². The molecule has 0 spiro atoms. The Balaban J connectivity index is 2.49. The Hall–Kier alpha value is -1.83. The Morgan fingerprint density at radius 2 is 2.10 bits per heavy atom. The highest BCUT2D eigenvalue weighted by Crippen LogP contribution is 2.11. The summed E-state index contributed by atoms with van der Waals surface area (Å²) in [5, 5.41) is 5.14. The predicted molar refractivity (Wildman–Crippen MR) is 81.4 cm³/mol. The molecule has 0 fully saturated rings. The summed E-state index contributed by atoms with van der Waals surface area (Å²) in [6.45, 7) is 4.43. The second kappa shape index (κ2) is 9.17. The smallest absolute Gasteiger partial charge is 0.321 e. The molecular weight excluding hydrogens is 292 g/mol. The molecule has 1 rings (SSSR count). The summed E-state index contributed by atoms with van der Waals surface area (Å²) in [5.41, 5.74) is 0.460. The van der Waals surface area contributed by atoms with Crippen LogP contribution in [0, 0.1) is 0 Å². The number of carbonyl (C=O) groups excluding carboxylic acids is 2. The first-order valence-corrected chi connectivity index (χ1v) is 7.84. The number of hydrogen-bond acceptors (Lipinski definition) is 5. The minimum atomic E-state index is -0.511. The Labute approximate surface area is 127 Å². The van der Waals surface area contributed by atoms with Gasteiger partial charge in [-0.25, -0.2) is 9.78 Å². The van der Waals surface area contributed by atoms with Gasteiger partial charge in [-0.3, -0.25) is 14.9 Å². The maximum Gasteiger partial charge on any atom is 0.321 e. The summed E-state index contributed by atoms with van der Waals surface area (Å²) in [4.78, 5) is 41.1. The lowest BCUT2D eigenvalue weighted by atomic mass is 10.2. The molecule has 0 aliphatic heterocycles. The molecule has 21 heavy (non-hydrogen) atoms. The van der Waals surface area contributed by atoms with Crippen LogP contribution < -0.4 is 16.2 Å². The molecule has 0 aliphatic rings. The van der Waals surface area contributed by atoms with Crippen LogP contribution in [0.5, 0.6) is 0 Å². The summed E-state index contributed by atoms with van der Waals surface area (Å²) in [7, 11) is 0. The second-order valence-corrected chi connectivity index (χ2v) is 5.35. The normalized spacial score (nSPS) is 10.2. The number of aromatic nitrogens is 2. The molecular formula is C13H20N4O3S. The lowest BCUT2D eigenvalue weighted by Crippen LogP contribution is -2.40. The van der Waals surface area contributed by atoms with Gasteiger partial charge in [-0.2, -0.15) is 0 Å². The molecule has 3 N–H and O–H groups in total. The molecule has 0 radical (unpaired) electrons. The lowest BCUT2D eigenvalue weighted by molar-refractivity contribution is -0.117. The monoisotopic (exact) mass is 312 g/mol. The highest BCUT2D eigenvalue weighted by Gasteiger charge is 2.09. The van der Waals surface area contributed by atoms with Crippen molar-refractivity contribution in [2.45, 2.75) is 38.3 Å². The van der Waals surface area contributed by atoms with Gasteiger partial charge in [0.05, 0.1) is 5.75 Å². The van der Waals surface area contributed by atoms with Crippen LogP contribution >= 0.6 is 11.8 Å². The first-order valence-electron chi connectivity index (χ1n) is 6.85. The summed E-state index contributed by atoms with van der Waals surface area (Å²) in [5.74, 6) is -0.421. The van der Waals surface area contributed by atoms with Crippen LogP contribution in [0.1, 0.15) is 32.4 Å². The number of nitrogens with zero attached hydrogens (tertiary/aromatic N) is 1. The van der Waals surface area contributed by atoms with Gasteiger partial charge in [0, 0.05) is 18.3 Å².